The van der Waals surface area contributed by atoms with Crippen molar-refractivity contribution in [1.82, 2.24) is 5.32 Å². The molecule has 0 radical (unpaired) electrons. The van der Waals surface area contributed by atoms with Gasteiger partial charge in [0, 0.05) is 17.6 Å². The highest BCUT2D eigenvalue weighted by Crippen LogP contribution is 2.39. The van der Waals surface area contributed by atoms with E-state index < -0.39 is 8.32 Å². The molecule has 2 nitrogen and oxygen atoms in total. The molecule has 0 unspecified atom stereocenters. The standard InChI is InChI=1S/C16H26ClNOSi/c1-16(2,3)20(4,5)19-12-10-15(18-11-12)13-8-6-7-9-14(13)17/h6-9,12,15,18H,10-11H2,1-5H3/t12-,15-/m1/s1. The zero-order chi connectivity index (χ0) is 15.0. The topological polar surface area (TPSA) is 21.3 Å². The number of hydrogen-bond donors (Lipinski definition) is 1. The second-order valence-electron chi connectivity index (χ2n) is 7.22. The van der Waals surface area contributed by atoms with Gasteiger partial charge in [0.15, 0.2) is 8.32 Å². The largest absolute Gasteiger partial charge is 0.413 e. The molecule has 1 heterocycles. The van der Waals surface area contributed by atoms with Gasteiger partial charge in [0.2, 0.25) is 0 Å². The predicted octanol–water partition coefficient (Wildman–Crippen LogP) is 4.76. The third kappa shape index (κ3) is 3.45. The van der Waals surface area contributed by atoms with Gasteiger partial charge < -0.3 is 9.74 Å². The Bertz CT molecular complexity index is 470. The number of rotatable bonds is 3. The van der Waals surface area contributed by atoms with Crippen LogP contribution in [0.4, 0.5) is 0 Å². The highest BCUT2D eigenvalue weighted by atomic mass is 35.5. The Hall–Kier alpha value is -0.353. The molecule has 1 saturated heterocycles. The van der Waals surface area contributed by atoms with Crippen molar-refractivity contribution in [3.63, 3.8) is 0 Å². The Morgan fingerprint density at radius 1 is 1.25 bits per heavy atom. The first kappa shape index (κ1) is 16.0. The summed E-state index contributed by atoms with van der Waals surface area (Å²) < 4.78 is 6.49. The van der Waals surface area contributed by atoms with Crippen LogP contribution in [0.2, 0.25) is 23.2 Å². The van der Waals surface area contributed by atoms with Crippen LogP contribution in [0, 0.1) is 0 Å². The molecule has 2 atom stereocenters. The molecule has 0 bridgehead atoms. The van der Waals surface area contributed by atoms with Gasteiger partial charge in [-0.15, -0.1) is 0 Å². The van der Waals surface area contributed by atoms with Gasteiger partial charge in [0.25, 0.3) is 0 Å². The molecule has 1 fully saturated rings. The Morgan fingerprint density at radius 2 is 1.90 bits per heavy atom. The molecule has 1 N–H and O–H groups in total. The summed E-state index contributed by atoms with van der Waals surface area (Å²) in [4.78, 5) is 0. The van der Waals surface area contributed by atoms with Gasteiger partial charge in [-0.25, -0.2) is 0 Å². The maximum atomic E-state index is 6.49. The van der Waals surface area contributed by atoms with Crippen LogP contribution >= 0.6 is 11.6 Å². The third-order valence-corrected chi connectivity index (χ3v) is 9.52. The van der Waals surface area contributed by atoms with Crippen LogP contribution in [0.25, 0.3) is 0 Å². The minimum atomic E-state index is -1.69. The molecule has 1 aromatic carbocycles. The monoisotopic (exact) mass is 311 g/mol. The van der Waals surface area contributed by atoms with Crippen LogP contribution in [0.5, 0.6) is 0 Å². The van der Waals surface area contributed by atoms with Crippen molar-refractivity contribution in [1.29, 1.82) is 0 Å². The molecule has 1 aromatic rings. The van der Waals surface area contributed by atoms with Crippen LogP contribution in [-0.4, -0.2) is 21.0 Å². The number of benzene rings is 1. The summed E-state index contributed by atoms with van der Waals surface area (Å²) in [5.74, 6) is 0. The first-order chi connectivity index (χ1) is 9.21. The number of nitrogens with one attached hydrogen (secondary N) is 1. The van der Waals surface area contributed by atoms with Gasteiger partial charge in [-0.2, -0.15) is 0 Å². The Balaban J connectivity index is 2.02. The molecule has 4 heteroatoms. The third-order valence-electron chi connectivity index (χ3n) is 4.64. The van der Waals surface area contributed by atoms with Gasteiger partial charge in [-0.1, -0.05) is 50.6 Å². The average Bonchev–Trinajstić information content (AvgIpc) is 2.75. The molecule has 1 aliphatic heterocycles. The van der Waals surface area contributed by atoms with Crippen molar-refractivity contribution in [2.75, 3.05) is 6.54 Å². The Labute approximate surface area is 129 Å². The van der Waals surface area contributed by atoms with Crippen LogP contribution in [0.1, 0.15) is 38.8 Å². The number of hydrogen-bond acceptors (Lipinski definition) is 2. The smallest absolute Gasteiger partial charge is 0.192 e. The van der Waals surface area contributed by atoms with Gasteiger partial charge in [-0.3, -0.25) is 0 Å². The maximum absolute atomic E-state index is 6.49. The molecule has 112 valence electrons. The summed E-state index contributed by atoms with van der Waals surface area (Å²) in [5.41, 5.74) is 1.19. The molecular formula is C16H26ClNOSi. The van der Waals surface area contributed by atoms with E-state index in [1.165, 1.54) is 5.56 Å². The van der Waals surface area contributed by atoms with Crippen molar-refractivity contribution in [2.45, 2.75) is 57.5 Å². The van der Waals surface area contributed by atoms with E-state index >= 15 is 0 Å². The summed E-state index contributed by atoms with van der Waals surface area (Å²) in [6.07, 6.45) is 1.31. The molecule has 0 aliphatic carbocycles. The highest BCUT2D eigenvalue weighted by Gasteiger charge is 2.40. The van der Waals surface area contributed by atoms with Crippen LogP contribution in [0.15, 0.2) is 24.3 Å². The maximum Gasteiger partial charge on any atom is 0.192 e. The Kier molecular flexibility index (Phi) is 4.65. The highest BCUT2D eigenvalue weighted by molar-refractivity contribution is 6.74. The second kappa shape index (κ2) is 5.80. The van der Waals surface area contributed by atoms with Crippen molar-refractivity contribution >= 4 is 19.9 Å². The molecule has 20 heavy (non-hydrogen) atoms. The Morgan fingerprint density at radius 3 is 2.50 bits per heavy atom. The molecule has 2 rings (SSSR count). The SMILES string of the molecule is CC(C)(C)[Si](C)(C)O[C@H]1CN[C@@H](c2ccccc2Cl)C1. The normalized spacial score (nSPS) is 24.1. The first-order valence-electron chi connectivity index (χ1n) is 7.36. The quantitative estimate of drug-likeness (QED) is 0.812. The lowest BCUT2D eigenvalue weighted by atomic mass is 10.0. The van der Waals surface area contributed by atoms with Gasteiger partial charge in [-0.05, 0) is 36.2 Å². The van der Waals surface area contributed by atoms with E-state index in [4.69, 9.17) is 16.0 Å². The molecular weight excluding hydrogens is 286 g/mol. The molecule has 0 spiro atoms. The van der Waals surface area contributed by atoms with E-state index in [1.54, 1.807) is 0 Å². The molecule has 0 saturated carbocycles. The van der Waals surface area contributed by atoms with E-state index in [0.717, 1.165) is 18.0 Å². The number of halogens is 1. The van der Waals surface area contributed by atoms with E-state index in [1.807, 2.05) is 18.2 Å². The summed E-state index contributed by atoms with van der Waals surface area (Å²) in [5, 5.41) is 4.66. The second-order valence-corrected chi connectivity index (χ2v) is 12.4. The van der Waals surface area contributed by atoms with Crippen molar-refractivity contribution in [3.8, 4) is 0 Å². The first-order valence-corrected chi connectivity index (χ1v) is 10.6. The fourth-order valence-electron chi connectivity index (χ4n) is 2.38. The predicted molar refractivity (Wildman–Crippen MR) is 88.9 cm³/mol. The minimum absolute atomic E-state index is 0.259. The van der Waals surface area contributed by atoms with E-state index in [2.05, 4.69) is 45.2 Å². The van der Waals surface area contributed by atoms with E-state index in [0.29, 0.717) is 12.1 Å². The lowest BCUT2D eigenvalue weighted by Gasteiger charge is -2.38. The zero-order valence-corrected chi connectivity index (χ0v) is 14.9. The average molecular weight is 312 g/mol. The fraction of sp³-hybridized carbons (Fsp3) is 0.625. The van der Waals surface area contributed by atoms with Gasteiger partial charge in [0.1, 0.15) is 0 Å². The van der Waals surface area contributed by atoms with Crippen LogP contribution < -0.4 is 5.32 Å². The molecule has 1 aliphatic rings. The summed E-state index contributed by atoms with van der Waals surface area (Å²) in [6, 6.07) is 8.41. The summed E-state index contributed by atoms with van der Waals surface area (Å²) >= 11 is 6.29. The van der Waals surface area contributed by atoms with Crippen LogP contribution in [-0.2, 0) is 4.43 Å². The summed E-state index contributed by atoms with van der Waals surface area (Å²) in [6.45, 7) is 12.4. The van der Waals surface area contributed by atoms with Crippen molar-refractivity contribution in [2.24, 2.45) is 0 Å². The summed E-state index contributed by atoms with van der Waals surface area (Å²) in [7, 11) is -1.69. The molecule has 0 aromatic heterocycles. The van der Waals surface area contributed by atoms with Crippen molar-refractivity contribution < 1.29 is 4.43 Å². The van der Waals surface area contributed by atoms with Crippen LogP contribution in [0.3, 0.4) is 0 Å². The lowest BCUT2D eigenvalue weighted by molar-refractivity contribution is 0.197. The van der Waals surface area contributed by atoms with Gasteiger partial charge in [0.05, 0.1) is 6.10 Å². The van der Waals surface area contributed by atoms with Gasteiger partial charge >= 0.3 is 0 Å². The lowest BCUT2D eigenvalue weighted by Crippen LogP contribution is -2.44. The minimum Gasteiger partial charge on any atom is -0.413 e. The fourth-order valence-corrected chi connectivity index (χ4v) is 4.01. The van der Waals surface area contributed by atoms with Crippen molar-refractivity contribution in [3.05, 3.63) is 34.9 Å². The van der Waals surface area contributed by atoms with E-state index in [9.17, 15) is 0 Å². The van der Waals surface area contributed by atoms with E-state index in [-0.39, 0.29) is 5.04 Å². The molecule has 0 amide bonds. The zero-order valence-electron chi connectivity index (χ0n) is 13.2.